The van der Waals surface area contributed by atoms with Crippen molar-refractivity contribution < 1.29 is 18.0 Å². The summed E-state index contributed by atoms with van der Waals surface area (Å²) in [6.07, 6.45) is 2.59. The molecule has 0 aliphatic heterocycles. The third kappa shape index (κ3) is 9.61. The van der Waals surface area contributed by atoms with E-state index < -0.39 is 16.1 Å². The molecule has 2 atom stereocenters. The summed E-state index contributed by atoms with van der Waals surface area (Å²) in [6, 6.07) is 23.3. The Morgan fingerprint density at radius 3 is 2.29 bits per heavy atom. The smallest absolute Gasteiger partial charge is 0.243 e. The molecule has 0 spiro atoms. The van der Waals surface area contributed by atoms with E-state index in [2.05, 4.69) is 5.32 Å². The molecule has 3 rings (SSSR count). The molecule has 220 valence electrons. The molecule has 2 amide bonds. The molecule has 9 heteroatoms. The van der Waals surface area contributed by atoms with Crippen LogP contribution in [0.4, 0.5) is 5.69 Å². The minimum atomic E-state index is -3.57. The number of sulfonamides is 1. The molecule has 0 bridgehead atoms. The Morgan fingerprint density at radius 1 is 0.976 bits per heavy atom. The van der Waals surface area contributed by atoms with Crippen LogP contribution in [0.1, 0.15) is 49.8 Å². The van der Waals surface area contributed by atoms with Gasteiger partial charge < -0.3 is 10.2 Å². The van der Waals surface area contributed by atoms with Crippen molar-refractivity contribution >= 4 is 39.1 Å². The summed E-state index contributed by atoms with van der Waals surface area (Å²) < 4.78 is 26.6. The first-order chi connectivity index (χ1) is 19.5. The van der Waals surface area contributed by atoms with E-state index in [9.17, 15) is 18.0 Å². The van der Waals surface area contributed by atoms with E-state index in [1.54, 1.807) is 17.0 Å². The molecule has 7 nitrogen and oxygen atoms in total. The van der Waals surface area contributed by atoms with Crippen molar-refractivity contribution in [2.24, 2.45) is 0 Å². The monoisotopic (exact) mass is 597 g/mol. The molecule has 1 N–H and O–H groups in total. The Labute approximate surface area is 249 Å². The number of benzene rings is 3. The third-order valence-electron chi connectivity index (χ3n) is 7.01. The molecule has 0 aliphatic rings. The lowest BCUT2D eigenvalue weighted by Gasteiger charge is -2.33. The SMILES string of the molecule is CC[C@H](C)NC(=O)[C@H](Cc1ccccc1)N(Cc1ccccc1Cl)C(=O)CCCN(c1cccc(C)c1)S(C)(=O)=O. The topological polar surface area (TPSA) is 86.8 Å². The van der Waals surface area contributed by atoms with Crippen LogP contribution in [-0.4, -0.2) is 50.0 Å². The Morgan fingerprint density at radius 2 is 1.66 bits per heavy atom. The Hall–Kier alpha value is -3.36. The standard InChI is InChI=1S/C32H40ClN3O4S/c1-5-25(3)34-32(38)30(22-26-14-7-6-8-15-26)35(23-27-16-9-10-18-29(27)33)31(37)19-12-20-36(41(4,39)40)28-17-11-13-24(2)21-28/h6-11,13-18,21,25,30H,5,12,19-20,22-23H2,1-4H3,(H,34,38)/t25-,30-/m0/s1. The lowest BCUT2D eigenvalue weighted by molar-refractivity contribution is -0.141. The normalized spacial score (nSPS) is 12.8. The van der Waals surface area contributed by atoms with E-state index in [1.807, 2.05) is 87.5 Å². The van der Waals surface area contributed by atoms with Gasteiger partial charge in [0.2, 0.25) is 21.8 Å². The fourth-order valence-electron chi connectivity index (χ4n) is 4.59. The van der Waals surface area contributed by atoms with E-state index in [0.717, 1.165) is 29.4 Å². The quantitative estimate of drug-likeness (QED) is 0.256. The van der Waals surface area contributed by atoms with Crippen molar-refractivity contribution in [3.8, 4) is 0 Å². The first-order valence-corrected chi connectivity index (χ1v) is 16.1. The van der Waals surface area contributed by atoms with Gasteiger partial charge in [-0.25, -0.2) is 8.42 Å². The number of aryl methyl sites for hydroxylation is 1. The van der Waals surface area contributed by atoms with Gasteiger partial charge in [-0.1, -0.05) is 79.2 Å². The summed E-state index contributed by atoms with van der Waals surface area (Å²) in [6.45, 7) is 6.11. The molecule has 0 saturated heterocycles. The zero-order chi connectivity index (χ0) is 30.0. The number of anilines is 1. The molecule has 0 unspecified atom stereocenters. The predicted octanol–water partition coefficient (Wildman–Crippen LogP) is 5.75. The number of amides is 2. The first-order valence-electron chi connectivity index (χ1n) is 13.9. The summed E-state index contributed by atoms with van der Waals surface area (Å²) in [4.78, 5) is 29.1. The van der Waals surface area contributed by atoms with Crippen molar-refractivity contribution in [2.45, 2.75) is 65.1 Å². The van der Waals surface area contributed by atoms with E-state index in [4.69, 9.17) is 11.6 Å². The average molecular weight is 598 g/mol. The van der Waals surface area contributed by atoms with Gasteiger partial charge in [-0.2, -0.15) is 0 Å². The Kier molecular flexibility index (Phi) is 11.8. The lowest BCUT2D eigenvalue weighted by Crippen LogP contribution is -2.52. The van der Waals surface area contributed by atoms with Crippen molar-refractivity contribution in [3.63, 3.8) is 0 Å². The van der Waals surface area contributed by atoms with Crippen LogP contribution >= 0.6 is 11.6 Å². The second kappa shape index (κ2) is 15.0. The highest BCUT2D eigenvalue weighted by molar-refractivity contribution is 7.92. The van der Waals surface area contributed by atoms with E-state index in [0.29, 0.717) is 17.1 Å². The summed E-state index contributed by atoms with van der Waals surface area (Å²) in [5, 5.41) is 3.56. The molecular weight excluding hydrogens is 558 g/mol. The van der Waals surface area contributed by atoms with Crippen LogP contribution < -0.4 is 9.62 Å². The van der Waals surface area contributed by atoms with Crippen LogP contribution in [0.2, 0.25) is 5.02 Å². The molecule has 0 heterocycles. The second-order valence-electron chi connectivity index (χ2n) is 10.4. The second-order valence-corrected chi connectivity index (χ2v) is 12.7. The molecule has 3 aromatic rings. The summed E-state index contributed by atoms with van der Waals surface area (Å²) in [7, 11) is -3.57. The maximum absolute atomic E-state index is 13.9. The molecule has 3 aromatic carbocycles. The van der Waals surface area contributed by atoms with Gasteiger partial charge in [-0.15, -0.1) is 0 Å². The number of halogens is 1. The summed E-state index contributed by atoms with van der Waals surface area (Å²) in [5.74, 6) is -0.482. The molecular formula is C32H40ClN3O4S. The van der Waals surface area contributed by atoms with Crippen LogP contribution in [-0.2, 0) is 32.6 Å². The maximum Gasteiger partial charge on any atom is 0.243 e. The number of nitrogens with one attached hydrogen (secondary N) is 1. The molecule has 0 saturated carbocycles. The third-order valence-corrected chi connectivity index (χ3v) is 8.58. The molecule has 0 aliphatic carbocycles. The highest BCUT2D eigenvalue weighted by atomic mass is 35.5. The average Bonchev–Trinajstić information content (AvgIpc) is 2.93. The van der Waals surface area contributed by atoms with Gasteiger partial charge in [0.05, 0.1) is 11.9 Å². The number of carbonyl (C=O) groups excluding carboxylic acids is 2. The maximum atomic E-state index is 13.9. The van der Waals surface area contributed by atoms with E-state index >= 15 is 0 Å². The van der Waals surface area contributed by atoms with Crippen LogP contribution in [0.25, 0.3) is 0 Å². The molecule has 0 fully saturated rings. The van der Waals surface area contributed by atoms with Gasteiger partial charge >= 0.3 is 0 Å². The zero-order valence-electron chi connectivity index (χ0n) is 24.2. The summed E-state index contributed by atoms with van der Waals surface area (Å²) in [5.41, 5.74) is 3.16. The molecule has 41 heavy (non-hydrogen) atoms. The zero-order valence-corrected chi connectivity index (χ0v) is 25.8. The molecule has 0 radical (unpaired) electrons. The van der Waals surface area contributed by atoms with Crippen LogP contribution in [0.3, 0.4) is 0 Å². The highest BCUT2D eigenvalue weighted by Gasteiger charge is 2.31. The predicted molar refractivity (Wildman–Crippen MR) is 166 cm³/mol. The fourth-order valence-corrected chi connectivity index (χ4v) is 5.74. The largest absolute Gasteiger partial charge is 0.352 e. The van der Waals surface area contributed by atoms with Crippen LogP contribution in [0, 0.1) is 6.92 Å². The van der Waals surface area contributed by atoms with Gasteiger partial charge in [0, 0.05) is 37.0 Å². The number of nitrogens with zero attached hydrogens (tertiary/aromatic N) is 2. The van der Waals surface area contributed by atoms with Gasteiger partial charge in [0.1, 0.15) is 6.04 Å². The number of hydrogen-bond acceptors (Lipinski definition) is 4. The van der Waals surface area contributed by atoms with Crippen LogP contribution in [0.15, 0.2) is 78.9 Å². The Bertz CT molecular complexity index is 1420. The van der Waals surface area contributed by atoms with Gasteiger partial charge in [-0.3, -0.25) is 13.9 Å². The number of carbonyl (C=O) groups is 2. The van der Waals surface area contributed by atoms with E-state index in [-0.39, 0.29) is 43.8 Å². The van der Waals surface area contributed by atoms with Gasteiger partial charge in [-0.05, 0) is 61.6 Å². The van der Waals surface area contributed by atoms with Gasteiger partial charge in [0.15, 0.2) is 0 Å². The molecule has 0 aromatic heterocycles. The van der Waals surface area contributed by atoms with Gasteiger partial charge in [0.25, 0.3) is 0 Å². The van der Waals surface area contributed by atoms with Crippen molar-refractivity contribution in [2.75, 3.05) is 17.1 Å². The van der Waals surface area contributed by atoms with Crippen molar-refractivity contribution in [1.82, 2.24) is 10.2 Å². The van der Waals surface area contributed by atoms with Crippen LogP contribution in [0.5, 0.6) is 0 Å². The lowest BCUT2D eigenvalue weighted by atomic mass is 10.0. The van der Waals surface area contributed by atoms with E-state index in [1.165, 1.54) is 4.31 Å². The minimum absolute atomic E-state index is 0.0595. The van der Waals surface area contributed by atoms with Crippen molar-refractivity contribution in [1.29, 1.82) is 0 Å². The first kappa shape index (κ1) is 32.2. The summed E-state index contributed by atoms with van der Waals surface area (Å²) >= 11 is 6.49. The fraction of sp³-hybridized carbons (Fsp3) is 0.375. The number of rotatable bonds is 14. The van der Waals surface area contributed by atoms with Crippen molar-refractivity contribution in [3.05, 3.63) is 101 Å². The highest BCUT2D eigenvalue weighted by Crippen LogP contribution is 2.23. The number of hydrogen-bond donors (Lipinski definition) is 1. The minimum Gasteiger partial charge on any atom is -0.352 e. The Balaban J connectivity index is 1.90.